The van der Waals surface area contributed by atoms with Crippen molar-refractivity contribution in [1.82, 2.24) is 0 Å². The highest BCUT2D eigenvalue weighted by Crippen LogP contribution is 2.49. The van der Waals surface area contributed by atoms with E-state index >= 15 is 0 Å². The van der Waals surface area contributed by atoms with E-state index in [9.17, 15) is 0 Å². The van der Waals surface area contributed by atoms with Crippen LogP contribution in [0.15, 0.2) is 11.1 Å². The monoisotopic (exact) mass is 275 g/mol. The van der Waals surface area contributed by atoms with Gasteiger partial charge in [0, 0.05) is 5.03 Å². The van der Waals surface area contributed by atoms with Gasteiger partial charge >= 0.3 is 0 Å². The maximum absolute atomic E-state index is 6.08. The molecular formula is C9H13Cl4N. The molecule has 0 aromatic carbocycles. The molecule has 2 atom stereocenters. The number of alkyl halides is 3. The molecule has 0 bridgehead atoms. The van der Waals surface area contributed by atoms with Gasteiger partial charge in [0.1, 0.15) is 5.00 Å². The zero-order valence-electron chi connectivity index (χ0n) is 8.03. The van der Waals surface area contributed by atoms with Crippen LogP contribution in [0.3, 0.4) is 0 Å². The Labute approximate surface area is 105 Å². The molecular weight excluding hydrogens is 264 g/mol. The van der Waals surface area contributed by atoms with Gasteiger partial charge in [-0.05, 0) is 24.3 Å². The van der Waals surface area contributed by atoms with Crippen LogP contribution in [0.1, 0.15) is 20.3 Å². The van der Waals surface area contributed by atoms with E-state index in [0.29, 0.717) is 17.4 Å². The first-order valence-corrected chi connectivity index (χ1v) is 5.92. The van der Waals surface area contributed by atoms with Crippen molar-refractivity contribution in [3.63, 3.8) is 0 Å². The van der Waals surface area contributed by atoms with Crippen molar-refractivity contribution in [2.75, 3.05) is 0 Å². The number of hydrogen-bond acceptors (Lipinski definition) is 1. The fraction of sp³-hybridized carbons (Fsp3) is 0.778. The van der Waals surface area contributed by atoms with Gasteiger partial charge in [0.15, 0.2) is 4.33 Å². The molecule has 0 aromatic heterocycles. The first kappa shape index (κ1) is 12.9. The van der Waals surface area contributed by atoms with Gasteiger partial charge in [-0.1, -0.05) is 60.3 Å². The Hall–Kier alpha value is 0.860. The standard InChI is InChI=1S/C9H13Cl4N/c1-5(2)6-3-9(13,14)8(11,12)4-7(6)10/h4-6H,3,14H2,1-2H3. The van der Waals surface area contributed by atoms with E-state index in [2.05, 4.69) is 13.8 Å². The first-order chi connectivity index (χ1) is 6.17. The van der Waals surface area contributed by atoms with Crippen molar-refractivity contribution >= 4 is 46.4 Å². The predicted molar refractivity (Wildman–Crippen MR) is 64.1 cm³/mol. The largest absolute Gasteiger partial charge is 0.310 e. The molecule has 0 aromatic rings. The fourth-order valence-corrected chi connectivity index (χ4v) is 2.72. The minimum atomic E-state index is -1.29. The summed E-state index contributed by atoms with van der Waals surface area (Å²) in [4.78, 5) is -1.15. The number of nitrogens with two attached hydrogens (primary N) is 1. The summed E-state index contributed by atoms with van der Waals surface area (Å²) < 4.78 is -1.29. The Bertz CT molecular complexity index is 258. The zero-order valence-corrected chi connectivity index (χ0v) is 11.1. The van der Waals surface area contributed by atoms with Crippen LogP contribution in [-0.2, 0) is 0 Å². The van der Waals surface area contributed by atoms with E-state index < -0.39 is 9.33 Å². The molecule has 1 aliphatic rings. The molecule has 0 radical (unpaired) electrons. The highest BCUT2D eigenvalue weighted by molar-refractivity contribution is 6.55. The van der Waals surface area contributed by atoms with Crippen molar-refractivity contribution in [2.45, 2.75) is 29.6 Å². The summed E-state index contributed by atoms with van der Waals surface area (Å²) in [5.74, 6) is 0.495. The van der Waals surface area contributed by atoms with Crippen LogP contribution in [0.25, 0.3) is 0 Å². The Balaban J connectivity index is 3.04. The van der Waals surface area contributed by atoms with Crippen LogP contribution in [0.2, 0.25) is 0 Å². The molecule has 0 saturated carbocycles. The van der Waals surface area contributed by atoms with Crippen LogP contribution in [0.5, 0.6) is 0 Å². The molecule has 2 N–H and O–H groups in total. The first-order valence-electron chi connectivity index (χ1n) is 4.41. The van der Waals surface area contributed by atoms with Crippen LogP contribution in [0, 0.1) is 11.8 Å². The third-order valence-corrected chi connectivity index (χ3v) is 4.48. The highest BCUT2D eigenvalue weighted by Gasteiger charge is 2.49. The van der Waals surface area contributed by atoms with Crippen molar-refractivity contribution in [3.05, 3.63) is 11.1 Å². The lowest BCUT2D eigenvalue weighted by Gasteiger charge is -2.41. The molecule has 1 nitrogen and oxygen atoms in total. The topological polar surface area (TPSA) is 26.0 Å². The summed E-state index contributed by atoms with van der Waals surface area (Å²) in [5, 5.41) is 0.645. The Morgan fingerprint density at radius 3 is 2.36 bits per heavy atom. The smallest absolute Gasteiger partial charge is 0.169 e. The van der Waals surface area contributed by atoms with E-state index in [-0.39, 0.29) is 5.92 Å². The maximum Gasteiger partial charge on any atom is 0.169 e. The lowest BCUT2D eigenvalue weighted by Crippen LogP contribution is -2.52. The average Bonchev–Trinajstić information content (AvgIpc) is 1.96. The van der Waals surface area contributed by atoms with Crippen molar-refractivity contribution in [3.8, 4) is 0 Å². The SMILES string of the molecule is CC(C)C1CC(N)(Cl)C(Cl)(Cl)C=C1Cl. The van der Waals surface area contributed by atoms with Crippen molar-refractivity contribution < 1.29 is 0 Å². The molecule has 1 rings (SSSR count). The van der Waals surface area contributed by atoms with Gasteiger partial charge in [0.2, 0.25) is 0 Å². The van der Waals surface area contributed by atoms with Gasteiger partial charge in [-0.15, -0.1) is 0 Å². The van der Waals surface area contributed by atoms with Gasteiger partial charge < -0.3 is 5.73 Å². The van der Waals surface area contributed by atoms with Gasteiger partial charge in [-0.2, -0.15) is 0 Å². The van der Waals surface area contributed by atoms with E-state index in [1.807, 2.05) is 0 Å². The number of halogens is 4. The predicted octanol–water partition coefficient (Wildman–Crippen LogP) is 3.85. The molecule has 1 aliphatic carbocycles. The molecule has 0 saturated heterocycles. The summed E-state index contributed by atoms with van der Waals surface area (Å²) in [6.07, 6.45) is 2.02. The van der Waals surface area contributed by atoms with Crippen LogP contribution < -0.4 is 5.73 Å². The van der Waals surface area contributed by atoms with E-state index in [1.54, 1.807) is 6.08 Å². The Morgan fingerprint density at radius 2 is 1.93 bits per heavy atom. The number of hydrogen-bond donors (Lipinski definition) is 1. The highest BCUT2D eigenvalue weighted by atomic mass is 35.5. The summed E-state index contributed by atoms with van der Waals surface area (Å²) in [6.45, 7) is 4.12. The normalized spacial score (nSPS) is 37.1. The number of rotatable bonds is 1. The van der Waals surface area contributed by atoms with Gasteiger partial charge in [-0.3, -0.25) is 0 Å². The summed E-state index contributed by atoms with van der Waals surface area (Å²) in [5.41, 5.74) is 5.84. The molecule has 0 amide bonds. The second kappa shape index (κ2) is 4.03. The van der Waals surface area contributed by atoms with Gasteiger partial charge in [0.25, 0.3) is 0 Å². The van der Waals surface area contributed by atoms with E-state index in [4.69, 9.17) is 52.1 Å². The molecule has 2 unspecified atom stereocenters. The van der Waals surface area contributed by atoms with E-state index in [0.717, 1.165) is 0 Å². The molecule has 5 heteroatoms. The van der Waals surface area contributed by atoms with Gasteiger partial charge in [0.05, 0.1) is 0 Å². The fourth-order valence-electron chi connectivity index (χ4n) is 1.51. The van der Waals surface area contributed by atoms with E-state index in [1.165, 1.54) is 0 Å². The van der Waals surface area contributed by atoms with Crippen LogP contribution >= 0.6 is 46.4 Å². The molecule has 0 aliphatic heterocycles. The average molecular weight is 277 g/mol. The number of allylic oxidation sites excluding steroid dienone is 1. The van der Waals surface area contributed by atoms with Crippen LogP contribution in [-0.4, -0.2) is 9.33 Å². The minimum absolute atomic E-state index is 0.129. The van der Waals surface area contributed by atoms with Gasteiger partial charge in [-0.25, -0.2) is 0 Å². The summed E-state index contributed by atoms with van der Waals surface area (Å²) in [7, 11) is 0. The third kappa shape index (κ3) is 2.33. The maximum atomic E-state index is 6.08. The lowest BCUT2D eigenvalue weighted by molar-refractivity contribution is 0.344. The molecule has 0 fully saturated rings. The quantitative estimate of drug-likeness (QED) is 0.571. The Kier molecular flexibility index (Phi) is 3.72. The third-order valence-electron chi connectivity index (χ3n) is 2.55. The minimum Gasteiger partial charge on any atom is -0.310 e. The Morgan fingerprint density at radius 1 is 1.43 bits per heavy atom. The zero-order chi connectivity index (χ0) is 11.1. The molecule has 14 heavy (non-hydrogen) atoms. The lowest BCUT2D eigenvalue weighted by atomic mass is 9.83. The summed E-state index contributed by atoms with van der Waals surface area (Å²) in [6, 6.07) is 0. The van der Waals surface area contributed by atoms with Crippen molar-refractivity contribution in [2.24, 2.45) is 17.6 Å². The second-order valence-electron chi connectivity index (χ2n) is 4.07. The molecule has 82 valence electrons. The molecule has 0 spiro atoms. The van der Waals surface area contributed by atoms with Crippen molar-refractivity contribution in [1.29, 1.82) is 0 Å². The second-order valence-corrected chi connectivity index (χ2v) is 6.57. The molecule has 0 heterocycles. The summed E-state index contributed by atoms with van der Waals surface area (Å²) >= 11 is 24.1. The van der Waals surface area contributed by atoms with Crippen LogP contribution in [0.4, 0.5) is 0 Å².